The van der Waals surface area contributed by atoms with Crippen LogP contribution in [0.4, 0.5) is 13.2 Å². The number of benzene rings is 2. The number of likely N-dealkylation sites (tertiary alicyclic amines) is 1. The number of hydrogen-bond donors (Lipinski definition) is 1. The fraction of sp³-hybridized carbons (Fsp3) is 0.375. The van der Waals surface area contributed by atoms with Gasteiger partial charge in [0.2, 0.25) is 0 Å². The Balaban J connectivity index is 1.44. The lowest BCUT2D eigenvalue weighted by molar-refractivity contribution is -0.137. The predicted molar refractivity (Wildman–Crippen MR) is 111 cm³/mol. The van der Waals surface area contributed by atoms with E-state index >= 15 is 0 Å². The van der Waals surface area contributed by atoms with E-state index in [1.54, 1.807) is 6.07 Å². The Morgan fingerprint density at radius 2 is 1.77 bits per heavy atom. The molecule has 0 saturated carbocycles. The van der Waals surface area contributed by atoms with Crippen molar-refractivity contribution in [3.8, 4) is 0 Å². The topological polar surface area (TPSA) is 36.4 Å². The molecule has 0 radical (unpaired) electrons. The summed E-state index contributed by atoms with van der Waals surface area (Å²) in [5.74, 6) is 0. The van der Waals surface area contributed by atoms with Crippen LogP contribution >= 0.6 is 0 Å². The number of aliphatic hydroxyl groups is 1. The minimum atomic E-state index is -4.35. The monoisotopic (exact) mass is 414 g/mol. The Morgan fingerprint density at radius 3 is 2.50 bits per heavy atom. The SMILES string of the molecule is OCC1(Cc2cccc(C(F)(F)F)c2)CCN(Cc2ccnc3ccccc23)CC1. The van der Waals surface area contributed by atoms with E-state index in [1.165, 1.54) is 17.7 Å². The maximum Gasteiger partial charge on any atom is 0.416 e. The molecule has 0 aliphatic carbocycles. The first-order valence-electron chi connectivity index (χ1n) is 10.2. The number of aliphatic hydroxyl groups excluding tert-OH is 1. The molecule has 158 valence electrons. The fourth-order valence-electron chi connectivity index (χ4n) is 4.40. The second kappa shape index (κ2) is 8.36. The lowest BCUT2D eigenvalue weighted by Gasteiger charge is -2.41. The van der Waals surface area contributed by atoms with Gasteiger partial charge in [0, 0.05) is 24.7 Å². The second-order valence-corrected chi connectivity index (χ2v) is 8.30. The zero-order valence-electron chi connectivity index (χ0n) is 16.7. The van der Waals surface area contributed by atoms with Crippen LogP contribution in [-0.2, 0) is 19.1 Å². The highest BCUT2D eigenvalue weighted by atomic mass is 19.4. The highest BCUT2D eigenvalue weighted by Gasteiger charge is 2.35. The summed E-state index contributed by atoms with van der Waals surface area (Å²) >= 11 is 0. The minimum Gasteiger partial charge on any atom is -0.396 e. The van der Waals surface area contributed by atoms with Crippen LogP contribution in [0.25, 0.3) is 10.9 Å². The Hall–Kier alpha value is -2.44. The zero-order valence-corrected chi connectivity index (χ0v) is 16.7. The van der Waals surface area contributed by atoms with E-state index < -0.39 is 11.7 Å². The average molecular weight is 414 g/mol. The number of pyridine rings is 1. The minimum absolute atomic E-state index is 0.0186. The quantitative estimate of drug-likeness (QED) is 0.633. The molecule has 0 unspecified atom stereocenters. The van der Waals surface area contributed by atoms with Crippen LogP contribution in [0.3, 0.4) is 0 Å². The smallest absolute Gasteiger partial charge is 0.396 e. The number of piperidine rings is 1. The van der Waals surface area contributed by atoms with Crippen LogP contribution in [0.15, 0.2) is 60.8 Å². The number of aromatic nitrogens is 1. The molecule has 3 nitrogen and oxygen atoms in total. The average Bonchev–Trinajstić information content (AvgIpc) is 2.75. The molecular weight excluding hydrogens is 389 g/mol. The third kappa shape index (κ3) is 4.50. The number of nitrogens with zero attached hydrogens (tertiary/aromatic N) is 2. The fourth-order valence-corrected chi connectivity index (χ4v) is 4.40. The van der Waals surface area contributed by atoms with Crippen molar-refractivity contribution in [3.05, 3.63) is 77.5 Å². The summed E-state index contributed by atoms with van der Waals surface area (Å²) in [6.45, 7) is 2.38. The molecule has 0 amide bonds. The van der Waals surface area contributed by atoms with Crippen molar-refractivity contribution < 1.29 is 18.3 Å². The van der Waals surface area contributed by atoms with Crippen molar-refractivity contribution in [2.45, 2.75) is 32.0 Å². The molecule has 30 heavy (non-hydrogen) atoms. The molecule has 4 rings (SSSR count). The van der Waals surface area contributed by atoms with Gasteiger partial charge in [-0.3, -0.25) is 9.88 Å². The van der Waals surface area contributed by atoms with E-state index in [0.717, 1.165) is 49.4 Å². The van der Waals surface area contributed by atoms with Crippen LogP contribution in [0, 0.1) is 5.41 Å². The van der Waals surface area contributed by atoms with Crippen molar-refractivity contribution >= 4 is 10.9 Å². The van der Waals surface area contributed by atoms with E-state index in [1.807, 2.05) is 30.5 Å². The van der Waals surface area contributed by atoms with Gasteiger partial charge in [-0.2, -0.15) is 13.2 Å². The maximum atomic E-state index is 13.0. The molecule has 0 spiro atoms. The molecular formula is C24H25F3N2O. The summed E-state index contributed by atoms with van der Waals surface area (Å²) in [5, 5.41) is 11.2. The largest absolute Gasteiger partial charge is 0.416 e. The lowest BCUT2D eigenvalue weighted by Crippen LogP contribution is -2.42. The van der Waals surface area contributed by atoms with Gasteiger partial charge in [-0.15, -0.1) is 0 Å². The maximum absolute atomic E-state index is 13.0. The Labute approximate surface area is 174 Å². The van der Waals surface area contributed by atoms with Crippen molar-refractivity contribution in [3.63, 3.8) is 0 Å². The predicted octanol–water partition coefficient (Wildman–Crippen LogP) is 5.07. The van der Waals surface area contributed by atoms with Gasteiger partial charge in [0.05, 0.1) is 11.1 Å². The zero-order chi connectivity index (χ0) is 21.2. The molecule has 1 N–H and O–H groups in total. The van der Waals surface area contributed by atoms with Gasteiger partial charge in [-0.1, -0.05) is 36.4 Å². The first kappa shape index (κ1) is 20.8. The third-order valence-electron chi connectivity index (χ3n) is 6.22. The molecule has 2 heterocycles. The van der Waals surface area contributed by atoms with E-state index in [4.69, 9.17) is 0 Å². The Kier molecular flexibility index (Phi) is 5.80. The van der Waals surface area contributed by atoms with Crippen molar-refractivity contribution in [2.24, 2.45) is 5.41 Å². The van der Waals surface area contributed by atoms with Crippen molar-refractivity contribution in [1.82, 2.24) is 9.88 Å². The number of rotatable bonds is 5. The summed E-state index contributed by atoms with van der Waals surface area (Å²) in [4.78, 5) is 6.76. The first-order valence-corrected chi connectivity index (χ1v) is 10.2. The molecule has 1 aliphatic heterocycles. The molecule has 3 aromatic rings. The highest BCUT2D eigenvalue weighted by Crippen LogP contribution is 2.37. The molecule has 1 aromatic heterocycles. The molecule has 1 saturated heterocycles. The lowest BCUT2D eigenvalue weighted by atomic mass is 9.74. The molecule has 2 aromatic carbocycles. The van der Waals surface area contributed by atoms with E-state index in [-0.39, 0.29) is 12.0 Å². The van der Waals surface area contributed by atoms with Gasteiger partial charge < -0.3 is 5.11 Å². The Morgan fingerprint density at radius 1 is 1.00 bits per heavy atom. The molecule has 1 fully saturated rings. The van der Waals surface area contributed by atoms with Gasteiger partial charge >= 0.3 is 6.18 Å². The third-order valence-corrected chi connectivity index (χ3v) is 6.22. The number of hydrogen-bond acceptors (Lipinski definition) is 3. The standard InChI is InChI=1S/C24H25F3N2O/c25-24(26,27)20-5-3-4-18(14-20)15-23(17-30)9-12-29(13-10-23)16-19-8-11-28-22-7-2-1-6-21(19)22/h1-8,11,14,30H,9-10,12-13,15-17H2. The van der Waals surface area contributed by atoms with Crippen LogP contribution in [0.2, 0.25) is 0 Å². The molecule has 6 heteroatoms. The van der Waals surface area contributed by atoms with Gasteiger partial charge in [-0.25, -0.2) is 0 Å². The van der Waals surface area contributed by atoms with Crippen LogP contribution in [0.1, 0.15) is 29.5 Å². The normalized spacial score (nSPS) is 17.3. The summed E-state index contributed by atoms with van der Waals surface area (Å²) in [6, 6.07) is 15.6. The van der Waals surface area contributed by atoms with E-state index in [9.17, 15) is 18.3 Å². The number of halogens is 3. The summed E-state index contributed by atoms with van der Waals surface area (Å²) in [7, 11) is 0. The summed E-state index contributed by atoms with van der Waals surface area (Å²) < 4.78 is 39.1. The van der Waals surface area contributed by atoms with Gasteiger partial charge in [0.25, 0.3) is 0 Å². The first-order chi connectivity index (χ1) is 14.4. The summed E-state index contributed by atoms with van der Waals surface area (Å²) in [5.41, 5.74) is 1.82. The summed E-state index contributed by atoms with van der Waals surface area (Å²) in [6.07, 6.45) is -0.558. The number of para-hydroxylation sites is 1. The second-order valence-electron chi connectivity index (χ2n) is 8.30. The number of fused-ring (bicyclic) bond motifs is 1. The van der Waals surface area contributed by atoms with Crippen molar-refractivity contribution in [2.75, 3.05) is 19.7 Å². The van der Waals surface area contributed by atoms with E-state index in [0.29, 0.717) is 12.0 Å². The van der Waals surface area contributed by atoms with Crippen LogP contribution in [0.5, 0.6) is 0 Å². The van der Waals surface area contributed by atoms with E-state index in [2.05, 4.69) is 16.0 Å². The Bertz CT molecular complexity index is 1010. The van der Waals surface area contributed by atoms with Gasteiger partial charge in [-0.05, 0) is 67.1 Å². The van der Waals surface area contributed by atoms with Gasteiger partial charge in [0.1, 0.15) is 0 Å². The molecule has 1 aliphatic rings. The van der Waals surface area contributed by atoms with Crippen molar-refractivity contribution in [1.29, 1.82) is 0 Å². The number of alkyl halides is 3. The van der Waals surface area contributed by atoms with Crippen LogP contribution in [-0.4, -0.2) is 34.7 Å². The van der Waals surface area contributed by atoms with Crippen LogP contribution < -0.4 is 0 Å². The molecule has 0 atom stereocenters. The highest BCUT2D eigenvalue weighted by molar-refractivity contribution is 5.81. The van der Waals surface area contributed by atoms with Gasteiger partial charge in [0.15, 0.2) is 0 Å². The molecule has 0 bridgehead atoms.